The molecule has 5 nitrogen and oxygen atoms in total. The van der Waals surface area contributed by atoms with Gasteiger partial charge in [-0.2, -0.15) is 8.78 Å². The van der Waals surface area contributed by atoms with E-state index in [2.05, 4.69) is 9.64 Å². The zero-order valence-corrected chi connectivity index (χ0v) is 16.4. The van der Waals surface area contributed by atoms with Crippen molar-refractivity contribution < 1.29 is 27.7 Å². The molecule has 2 aromatic carbocycles. The van der Waals surface area contributed by atoms with Crippen molar-refractivity contribution in [3.8, 4) is 17.2 Å². The largest absolute Gasteiger partial charge is 0.496 e. The molecule has 0 N–H and O–H groups in total. The van der Waals surface area contributed by atoms with Crippen molar-refractivity contribution in [1.82, 2.24) is 4.90 Å². The Morgan fingerprint density at radius 1 is 1.07 bits per heavy atom. The van der Waals surface area contributed by atoms with Gasteiger partial charge in [0.2, 0.25) is 0 Å². The van der Waals surface area contributed by atoms with Crippen LogP contribution in [-0.4, -0.2) is 37.9 Å². The smallest absolute Gasteiger partial charge is 0.387 e. The third-order valence-electron chi connectivity index (χ3n) is 4.59. The van der Waals surface area contributed by atoms with E-state index < -0.39 is 6.61 Å². The molecule has 1 fully saturated rings. The van der Waals surface area contributed by atoms with Crippen molar-refractivity contribution in [3.63, 3.8) is 0 Å². The summed E-state index contributed by atoms with van der Waals surface area (Å²) in [6.07, 6.45) is -0.363. The van der Waals surface area contributed by atoms with Crippen LogP contribution in [0.25, 0.3) is 0 Å². The highest BCUT2D eigenvalue weighted by molar-refractivity contribution is 5.46. The molecule has 1 unspecified atom stereocenters. The van der Waals surface area contributed by atoms with Crippen LogP contribution in [0.15, 0.2) is 42.5 Å². The van der Waals surface area contributed by atoms with Gasteiger partial charge < -0.3 is 18.9 Å². The van der Waals surface area contributed by atoms with Gasteiger partial charge in [-0.15, -0.1) is 0 Å². The van der Waals surface area contributed by atoms with E-state index in [9.17, 15) is 8.78 Å². The summed E-state index contributed by atoms with van der Waals surface area (Å²) in [5, 5.41) is 0. The van der Waals surface area contributed by atoms with E-state index in [1.54, 1.807) is 38.5 Å². The first-order valence-corrected chi connectivity index (χ1v) is 8.99. The van der Waals surface area contributed by atoms with Gasteiger partial charge in [-0.1, -0.05) is 18.2 Å². The molecule has 3 rings (SSSR count). The number of rotatable bonds is 7. The number of benzene rings is 2. The fourth-order valence-electron chi connectivity index (χ4n) is 3.50. The second-order valence-corrected chi connectivity index (χ2v) is 7.23. The van der Waals surface area contributed by atoms with Crippen molar-refractivity contribution in [2.24, 2.45) is 0 Å². The minimum atomic E-state index is -2.83. The molecule has 0 spiro atoms. The topological polar surface area (TPSA) is 40.2 Å². The summed E-state index contributed by atoms with van der Waals surface area (Å²) in [5.74, 6) is 1.51. The van der Waals surface area contributed by atoms with Crippen LogP contribution in [0.1, 0.15) is 31.2 Å². The van der Waals surface area contributed by atoms with Gasteiger partial charge in [-0.25, -0.2) is 0 Å². The van der Waals surface area contributed by atoms with Crippen LogP contribution in [0.2, 0.25) is 0 Å². The predicted octanol–water partition coefficient (Wildman–Crippen LogP) is 4.61. The molecule has 1 atom stereocenters. The summed E-state index contributed by atoms with van der Waals surface area (Å²) in [5.41, 5.74) is 1.42. The number of halogens is 2. The average Bonchev–Trinajstić information content (AvgIpc) is 2.96. The Balaban J connectivity index is 1.88. The lowest BCUT2D eigenvalue weighted by atomic mass is 10.1. The summed E-state index contributed by atoms with van der Waals surface area (Å²) >= 11 is 0. The van der Waals surface area contributed by atoms with Crippen LogP contribution in [0.3, 0.4) is 0 Å². The number of hydrogen-bond acceptors (Lipinski definition) is 5. The lowest BCUT2D eigenvalue weighted by Crippen LogP contribution is -2.28. The lowest BCUT2D eigenvalue weighted by Gasteiger charge is -2.26. The zero-order chi connectivity index (χ0) is 20.3. The molecule has 0 bridgehead atoms. The van der Waals surface area contributed by atoms with Gasteiger partial charge in [0.25, 0.3) is 0 Å². The molecule has 0 saturated carbocycles. The minimum Gasteiger partial charge on any atom is -0.496 e. The van der Waals surface area contributed by atoms with Gasteiger partial charge in [0.15, 0.2) is 0 Å². The Labute approximate surface area is 163 Å². The van der Waals surface area contributed by atoms with Crippen molar-refractivity contribution in [3.05, 3.63) is 53.6 Å². The van der Waals surface area contributed by atoms with E-state index in [4.69, 9.17) is 14.2 Å². The van der Waals surface area contributed by atoms with Crippen LogP contribution in [0, 0.1) is 0 Å². The fraction of sp³-hybridized carbons (Fsp3) is 0.429. The monoisotopic (exact) mass is 393 g/mol. The molecule has 2 aromatic rings. The molecule has 152 valence electrons. The first kappa shape index (κ1) is 20.4. The molecule has 1 aliphatic heterocycles. The number of hydrogen-bond donors (Lipinski definition) is 0. The Bertz CT molecular complexity index is 773. The van der Waals surface area contributed by atoms with Crippen LogP contribution in [-0.2, 0) is 11.3 Å². The average molecular weight is 393 g/mol. The van der Waals surface area contributed by atoms with Gasteiger partial charge in [0.1, 0.15) is 23.5 Å². The molecule has 1 aliphatic rings. The Kier molecular flexibility index (Phi) is 6.05. The molecule has 1 saturated heterocycles. The molecule has 0 radical (unpaired) electrons. The quantitative estimate of drug-likeness (QED) is 0.687. The third kappa shape index (κ3) is 4.54. The van der Waals surface area contributed by atoms with Gasteiger partial charge in [-0.05, 0) is 43.7 Å². The number of nitrogens with zero attached hydrogens (tertiary/aromatic N) is 1. The maximum absolute atomic E-state index is 12.3. The van der Waals surface area contributed by atoms with Crippen LogP contribution >= 0.6 is 0 Å². The minimum absolute atomic E-state index is 0.139. The lowest BCUT2D eigenvalue weighted by molar-refractivity contribution is -0.0498. The maximum Gasteiger partial charge on any atom is 0.387 e. The Morgan fingerprint density at radius 2 is 1.68 bits per heavy atom. The molecule has 0 amide bonds. The number of methoxy groups -OCH3 is 2. The second-order valence-electron chi connectivity index (χ2n) is 7.23. The summed E-state index contributed by atoms with van der Waals surface area (Å²) in [6, 6.07) is 12.3. The van der Waals surface area contributed by atoms with E-state index in [1.807, 2.05) is 32.0 Å². The summed E-state index contributed by atoms with van der Waals surface area (Å²) < 4.78 is 46.5. The maximum atomic E-state index is 12.3. The van der Waals surface area contributed by atoms with E-state index >= 15 is 0 Å². The van der Waals surface area contributed by atoms with Crippen molar-refractivity contribution >= 4 is 0 Å². The third-order valence-corrected chi connectivity index (χ3v) is 4.59. The van der Waals surface area contributed by atoms with Gasteiger partial charge in [0, 0.05) is 13.1 Å². The first-order chi connectivity index (χ1) is 13.3. The fourth-order valence-corrected chi connectivity index (χ4v) is 3.50. The second kappa shape index (κ2) is 8.32. The molecule has 28 heavy (non-hydrogen) atoms. The van der Waals surface area contributed by atoms with E-state index in [1.165, 1.54) is 0 Å². The molecule has 0 aliphatic carbocycles. The SMILES string of the molecule is COc1cccc(OC)c1C1OC(C)(C)CN1Cc1ccc(OC(F)F)cc1. The van der Waals surface area contributed by atoms with E-state index in [-0.39, 0.29) is 17.6 Å². The molecular weight excluding hydrogens is 368 g/mol. The van der Waals surface area contributed by atoms with Crippen LogP contribution < -0.4 is 14.2 Å². The number of alkyl halides is 2. The van der Waals surface area contributed by atoms with Crippen LogP contribution in [0.4, 0.5) is 8.78 Å². The van der Waals surface area contributed by atoms with Gasteiger partial charge >= 0.3 is 6.61 Å². The Hall–Kier alpha value is -2.38. The van der Waals surface area contributed by atoms with E-state index in [0.717, 1.165) is 11.1 Å². The highest BCUT2D eigenvalue weighted by Gasteiger charge is 2.41. The Morgan fingerprint density at radius 3 is 2.21 bits per heavy atom. The van der Waals surface area contributed by atoms with Crippen molar-refractivity contribution in [1.29, 1.82) is 0 Å². The predicted molar refractivity (Wildman–Crippen MR) is 101 cm³/mol. The highest BCUT2D eigenvalue weighted by Crippen LogP contribution is 2.44. The number of ether oxygens (including phenoxy) is 4. The highest BCUT2D eigenvalue weighted by atomic mass is 19.3. The molecule has 1 heterocycles. The van der Waals surface area contributed by atoms with Gasteiger partial charge in [-0.3, -0.25) is 4.90 Å². The molecule has 7 heteroatoms. The van der Waals surface area contributed by atoms with Crippen molar-refractivity contribution in [2.45, 2.75) is 38.8 Å². The summed E-state index contributed by atoms with van der Waals surface area (Å²) in [6.45, 7) is 2.49. The summed E-state index contributed by atoms with van der Waals surface area (Å²) in [4.78, 5) is 2.17. The van der Waals surface area contributed by atoms with E-state index in [0.29, 0.717) is 24.6 Å². The zero-order valence-electron chi connectivity index (χ0n) is 16.4. The standard InChI is InChI=1S/C21H25F2NO4/c1-21(2)13-24(12-14-8-10-15(11-9-14)27-20(22)23)19(28-21)18-16(25-3)6-5-7-17(18)26-4/h5-11,19-20H,12-13H2,1-4H3. The first-order valence-electron chi connectivity index (χ1n) is 8.99. The molecular formula is C21H25F2NO4. The van der Waals surface area contributed by atoms with Gasteiger partial charge in [0.05, 0.1) is 25.4 Å². The normalized spacial score (nSPS) is 19.0. The summed E-state index contributed by atoms with van der Waals surface area (Å²) in [7, 11) is 3.23. The van der Waals surface area contributed by atoms with Crippen molar-refractivity contribution in [2.75, 3.05) is 20.8 Å². The molecule has 0 aromatic heterocycles. The van der Waals surface area contributed by atoms with Crippen LogP contribution in [0.5, 0.6) is 17.2 Å².